The zero-order valence-electron chi connectivity index (χ0n) is 41.4. The molecule has 372 valence electrons. The maximum absolute atomic E-state index is 14.4. The van der Waals surface area contributed by atoms with Crippen molar-refractivity contribution in [3.05, 3.63) is 0 Å². The van der Waals surface area contributed by atoms with Gasteiger partial charge >= 0.3 is 11.9 Å². The first-order valence-corrected chi connectivity index (χ1v) is 24.3. The lowest BCUT2D eigenvalue weighted by Gasteiger charge is -2.49. The molecule has 4 N–H and O–H groups in total. The molecule has 17 nitrogen and oxygen atoms in total. The zero-order chi connectivity index (χ0) is 48.4. The summed E-state index contributed by atoms with van der Waals surface area (Å²) >= 11 is 1.49. The van der Waals surface area contributed by atoms with Crippen LogP contribution in [0.2, 0.25) is 0 Å². The first-order valence-electron chi connectivity index (χ1n) is 23.3. The van der Waals surface area contributed by atoms with E-state index in [1.54, 1.807) is 39.5 Å². The minimum atomic E-state index is -1.67. The van der Waals surface area contributed by atoms with Crippen LogP contribution in [0.4, 0.5) is 0 Å². The number of carbonyl (C=O) groups excluding carboxylic acids is 3. The van der Waals surface area contributed by atoms with Crippen LogP contribution >= 0.6 is 11.8 Å². The number of likely N-dealkylation sites (N-methyl/N-ethyl adjacent to an activating group) is 2. The van der Waals surface area contributed by atoms with Crippen molar-refractivity contribution in [2.45, 2.75) is 217 Å². The molecule has 4 fully saturated rings. The Morgan fingerprint density at radius 3 is 2.11 bits per heavy atom. The van der Waals surface area contributed by atoms with Crippen molar-refractivity contribution in [1.82, 2.24) is 14.7 Å². The fourth-order valence-corrected chi connectivity index (χ4v) is 11.7. The van der Waals surface area contributed by atoms with E-state index in [1.165, 1.54) is 25.8 Å². The van der Waals surface area contributed by atoms with Gasteiger partial charge in [0.2, 0.25) is 5.91 Å². The lowest BCUT2D eigenvalue weighted by atomic mass is 9.77. The molecule has 4 saturated heterocycles. The van der Waals surface area contributed by atoms with Crippen molar-refractivity contribution in [2.24, 2.45) is 17.8 Å². The van der Waals surface area contributed by atoms with Crippen LogP contribution in [0.5, 0.6) is 0 Å². The van der Waals surface area contributed by atoms with Crippen LogP contribution in [0.1, 0.15) is 115 Å². The molecule has 0 saturated carbocycles. The van der Waals surface area contributed by atoms with Crippen molar-refractivity contribution in [3.63, 3.8) is 0 Å². The molecule has 0 spiro atoms. The molecule has 0 aromatic carbocycles. The quantitative estimate of drug-likeness (QED) is 0.232. The van der Waals surface area contributed by atoms with Crippen molar-refractivity contribution in [3.8, 4) is 0 Å². The minimum Gasteiger partial charge on any atom is -0.459 e. The molecule has 18 heteroatoms. The Kier molecular flexibility index (Phi) is 19.0. The van der Waals surface area contributed by atoms with Crippen LogP contribution in [0, 0.1) is 17.8 Å². The summed E-state index contributed by atoms with van der Waals surface area (Å²) in [6.45, 7) is 21.8. The van der Waals surface area contributed by atoms with Crippen LogP contribution in [0.25, 0.3) is 0 Å². The van der Waals surface area contributed by atoms with E-state index < -0.39 is 119 Å². The molecule has 19 atom stereocenters. The van der Waals surface area contributed by atoms with Crippen LogP contribution in [-0.2, 0) is 47.5 Å². The number of ether oxygens (including phenoxy) is 7. The Morgan fingerprint density at radius 1 is 0.922 bits per heavy atom. The summed E-state index contributed by atoms with van der Waals surface area (Å²) in [4.78, 5) is 46.4. The SMILES string of the molecule is CC[C@@H]1O[C@@H](O[C@H]2[C@H](C)[C@@H](O[C@@H]3O[C@H](C)C[C@H](N(C)C)[C@H]3OC(=O)[C@@H]3CSC(C)(C)N3C(C)=O)[C@](C)(O)C[C@@H](C)CN(C)[C@H](C)[C@@H](O)[C@H](O)[C@@H](CC)OC(=O)[C@@H]2C)C[C@@](C)(OC)[C@H]1O. The Labute approximate surface area is 386 Å². The molecule has 0 aromatic rings. The summed E-state index contributed by atoms with van der Waals surface area (Å²) in [6, 6.07) is -1.81. The second-order valence-electron chi connectivity index (χ2n) is 20.3. The lowest BCUT2D eigenvalue weighted by molar-refractivity contribution is -0.320. The number of carbonyl (C=O) groups is 3. The van der Waals surface area contributed by atoms with Gasteiger partial charge in [-0.05, 0) is 101 Å². The first-order chi connectivity index (χ1) is 29.6. The highest BCUT2D eigenvalue weighted by atomic mass is 32.2. The molecule has 0 radical (unpaired) electrons. The summed E-state index contributed by atoms with van der Waals surface area (Å²) < 4.78 is 45.2. The van der Waals surface area contributed by atoms with Crippen LogP contribution in [0.3, 0.4) is 0 Å². The highest BCUT2D eigenvalue weighted by molar-refractivity contribution is 8.00. The number of thioether (sulfide) groups is 1. The summed E-state index contributed by atoms with van der Waals surface area (Å²) in [5.41, 5.74) is -2.74. The fourth-order valence-electron chi connectivity index (χ4n) is 10.4. The summed E-state index contributed by atoms with van der Waals surface area (Å²) in [6.07, 6.45) is -9.87. The Hall–Kier alpha value is -1.68. The van der Waals surface area contributed by atoms with Crippen LogP contribution < -0.4 is 0 Å². The van der Waals surface area contributed by atoms with Gasteiger partial charge in [0.1, 0.15) is 24.4 Å². The highest BCUT2D eigenvalue weighted by Gasteiger charge is 2.54. The number of methoxy groups -OCH3 is 1. The Morgan fingerprint density at radius 2 is 1.55 bits per heavy atom. The molecule has 0 aliphatic carbocycles. The van der Waals surface area contributed by atoms with Gasteiger partial charge < -0.3 is 68.3 Å². The van der Waals surface area contributed by atoms with Gasteiger partial charge in [0, 0.05) is 44.7 Å². The summed E-state index contributed by atoms with van der Waals surface area (Å²) in [5.74, 6) is -3.35. The largest absolute Gasteiger partial charge is 0.459 e. The predicted molar refractivity (Wildman–Crippen MR) is 241 cm³/mol. The molecule has 64 heavy (non-hydrogen) atoms. The number of esters is 2. The van der Waals surface area contributed by atoms with E-state index in [9.17, 15) is 34.8 Å². The molecule has 4 aliphatic heterocycles. The molecular formula is C46H83N3O14S. The molecule has 4 rings (SSSR count). The van der Waals surface area contributed by atoms with Crippen molar-refractivity contribution >= 4 is 29.6 Å². The summed E-state index contributed by atoms with van der Waals surface area (Å²) in [7, 11) is 7.10. The number of amides is 1. The first kappa shape index (κ1) is 54.9. The molecule has 0 bridgehead atoms. The monoisotopic (exact) mass is 934 g/mol. The van der Waals surface area contributed by atoms with E-state index in [1.807, 2.05) is 72.5 Å². The molecule has 4 heterocycles. The van der Waals surface area contributed by atoms with Gasteiger partial charge in [0.05, 0.1) is 58.6 Å². The summed E-state index contributed by atoms with van der Waals surface area (Å²) in [5, 5.41) is 47.0. The van der Waals surface area contributed by atoms with Crippen molar-refractivity contribution < 1.29 is 68.0 Å². The van der Waals surface area contributed by atoms with Crippen molar-refractivity contribution in [1.29, 1.82) is 0 Å². The topological polar surface area (TPSA) is 206 Å². The number of aliphatic hydroxyl groups excluding tert-OH is 3. The van der Waals surface area contributed by atoms with E-state index in [-0.39, 0.29) is 37.2 Å². The number of cyclic esters (lactones) is 1. The number of hydrogen-bond acceptors (Lipinski definition) is 17. The Balaban J connectivity index is 1.86. The maximum atomic E-state index is 14.4. The number of nitrogens with zero attached hydrogens (tertiary/aromatic N) is 3. The Bertz CT molecular complexity index is 1560. The van der Waals surface area contributed by atoms with Gasteiger partial charge in [-0.25, -0.2) is 4.79 Å². The average Bonchev–Trinajstić information content (AvgIpc) is 3.55. The van der Waals surface area contributed by atoms with E-state index in [0.29, 0.717) is 25.1 Å². The maximum Gasteiger partial charge on any atom is 0.330 e. The normalized spacial score (nSPS) is 44.5. The third-order valence-corrected chi connectivity index (χ3v) is 15.7. The van der Waals surface area contributed by atoms with Gasteiger partial charge in [-0.3, -0.25) is 9.59 Å². The number of aliphatic hydroxyl groups is 4. The van der Waals surface area contributed by atoms with Crippen LogP contribution in [-0.4, -0.2) is 195 Å². The van der Waals surface area contributed by atoms with Gasteiger partial charge in [-0.1, -0.05) is 27.7 Å². The molecule has 0 unspecified atom stereocenters. The lowest BCUT2D eigenvalue weighted by Crippen LogP contribution is -2.62. The van der Waals surface area contributed by atoms with Crippen molar-refractivity contribution in [2.75, 3.05) is 40.6 Å². The van der Waals surface area contributed by atoms with E-state index in [4.69, 9.17) is 33.2 Å². The third kappa shape index (κ3) is 12.3. The van der Waals surface area contributed by atoms with Gasteiger partial charge in [-0.15, -0.1) is 11.8 Å². The predicted octanol–water partition coefficient (Wildman–Crippen LogP) is 3.15. The second kappa shape index (κ2) is 22.2. The second-order valence-corrected chi connectivity index (χ2v) is 22.0. The smallest absolute Gasteiger partial charge is 0.330 e. The number of hydrogen-bond donors (Lipinski definition) is 4. The van der Waals surface area contributed by atoms with Crippen LogP contribution in [0.15, 0.2) is 0 Å². The average molecular weight is 934 g/mol. The van der Waals surface area contributed by atoms with Gasteiger partial charge in [0.15, 0.2) is 18.7 Å². The minimum absolute atomic E-state index is 0.0944. The third-order valence-electron chi connectivity index (χ3n) is 14.4. The van der Waals surface area contributed by atoms with Gasteiger partial charge in [0.25, 0.3) is 0 Å². The fraction of sp³-hybridized carbons (Fsp3) is 0.935. The zero-order valence-corrected chi connectivity index (χ0v) is 42.2. The highest BCUT2D eigenvalue weighted by Crippen LogP contribution is 2.42. The number of rotatable bonds is 10. The molecular weight excluding hydrogens is 851 g/mol. The molecule has 4 aliphatic rings. The van der Waals surface area contributed by atoms with Gasteiger partial charge in [-0.2, -0.15) is 0 Å². The van der Waals surface area contributed by atoms with E-state index in [2.05, 4.69) is 0 Å². The van der Waals surface area contributed by atoms with E-state index in [0.717, 1.165) is 0 Å². The molecule has 1 amide bonds. The standard InChI is InChI=1S/C46H83N3O14S/c1-17-32-36(52)35(51)28(7)48(15)22-24(3)20-45(11,56)40(26(5)37(27(6)41(54)60-32)61-34-21-46(12,57-16)39(53)33(18-2)59-34)63-43-38(30(47(13)14)19-25(4)58-43)62-42(55)31-23-64-44(9,10)49(31)29(8)50/h24-28,30-40,43,51-53,56H,17-23H2,1-16H3/t24-,25-,26+,27-,28-,30+,31+,32-,33+,34+,35-,36-,37+,38-,39+,40-,43+,45-,46-/m1/s1. The van der Waals surface area contributed by atoms with E-state index >= 15 is 0 Å². The molecule has 0 aromatic heterocycles.